The van der Waals surface area contributed by atoms with Crippen molar-refractivity contribution in [2.24, 2.45) is 5.73 Å². The van der Waals surface area contributed by atoms with Gasteiger partial charge in [-0.1, -0.05) is 36.4 Å². The average Bonchev–Trinajstić information content (AvgIpc) is 3.17. The Morgan fingerprint density at radius 1 is 1.17 bits per heavy atom. The van der Waals surface area contributed by atoms with Gasteiger partial charge in [-0.2, -0.15) is 0 Å². The fraction of sp³-hybridized carbons (Fsp3) is 0.348. The molecule has 5 nitrogen and oxygen atoms in total. The molecule has 1 aliphatic rings. The van der Waals surface area contributed by atoms with E-state index in [1.165, 1.54) is 5.56 Å². The lowest BCUT2D eigenvalue weighted by molar-refractivity contribution is 0.0683. The lowest BCUT2D eigenvalue weighted by Gasteiger charge is -2.31. The summed E-state index contributed by atoms with van der Waals surface area (Å²) in [6.07, 6.45) is 1.86. The van der Waals surface area contributed by atoms with E-state index < -0.39 is 8.32 Å². The molecular formula is C23H28N2O3Si. The highest BCUT2D eigenvalue weighted by Crippen LogP contribution is 2.30. The van der Waals surface area contributed by atoms with E-state index in [1.54, 1.807) is 6.07 Å². The van der Waals surface area contributed by atoms with E-state index in [0.717, 1.165) is 29.0 Å². The number of nitrogens with zero attached hydrogens (tertiary/aromatic N) is 1. The van der Waals surface area contributed by atoms with Crippen LogP contribution in [0.4, 0.5) is 0 Å². The lowest BCUT2D eigenvalue weighted by Crippen LogP contribution is -2.41. The molecule has 3 aromatic rings. The SMILES string of the molecule is C[Si](C)(O)c1cccc2oc(C(=O)N3CCC(c4cccc(CN)c4)CC3)cc12. The molecule has 0 saturated carbocycles. The summed E-state index contributed by atoms with van der Waals surface area (Å²) in [6, 6.07) is 15.9. The third-order valence-electron chi connectivity index (χ3n) is 5.87. The second-order valence-electron chi connectivity index (χ2n) is 8.40. The summed E-state index contributed by atoms with van der Waals surface area (Å²) in [5, 5.41) is 1.75. The minimum atomic E-state index is -2.51. The van der Waals surface area contributed by atoms with Crippen LogP contribution in [0.2, 0.25) is 13.1 Å². The molecule has 0 radical (unpaired) electrons. The molecule has 1 aliphatic heterocycles. The normalized spacial score (nSPS) is 15.8. The molecule has 1 fully saturated rings. The molecule has 2 heterocycles. The van der Waals surface area contributed by atoms with Crippen molar-refractivity contribution in [3.8, 4) is 0 Å². The summed E-state index contributed by atoms with van der Waals surface area (Å²) < 4.78 is 5.87. The minimum absolute atomic E-state index is 0.0706. The monoisotopic (exact) mass is 408 g/mol. The van der Waals surface area contributed by atoms with Gasteiger partial charge < -0.3 is 19.8 Å². The van der Waals surface area contributed by atoms with E-state index >= 15 is 0 Å². The van der Waals surface area contributed by atoms with Crippen LogP contribution >= 0.6 is 0 Å². The Hall–Kier alpha value is -2.41. The highest BCUT2D eigenvalue weighted by Gasteiger charge is 2.29. The van der Waals surface area contributed by atoms with Crippen LogP contribution in [0.3, 0.4) is 0 Å². The predicted octanol–water partition coefficient (Wildman–Crippen LogP) is 3.32. The number of furan rings is 1. The standard InChI is InChI=1S/C23H28N2O3Si/c1-29(2,27)22-8-4-7-20-19(22)14-21(28-20)23(26)25-11-9-17(10-12-25)18-6-3-5-16(13-18)15-24/h3-8,13-14,17,27H,9-12,15,24H2,1-2H3. The minimum Gasteiger partial charge on any atom is -0.451 e. The van der Waals surface area contributed by atoms with E-state index in [1.807, 2.05) is 36.2 Å². The molecule has 6 heteroatoms. The number of piperidine rings is 1. The zero-order valence-corrected chi connectivity index (χ0v) is 18.0. The average molecular weight is 409 g/mol. The highest BCUT2D eigenvalue weighted by molar-refractivity contribution is 6.85. The number of amides is 1. The number of benzene rings is 2. The maximum Gasteiger partial charge on any atom is 0.289 e. The first-order valence-electron chi connectivity index (χ1n) is 10.2. The maximum atomic E-state index is 13.0. The van der Waals surface area contributed by atoms with Crippen molar-refractivity contribution < 1.29 is 14.0 Å². The molecule has 0 aliphatic carbocycles. The van der Waals surface area contributed by atoms with Crippen LogP contribution in [-0.4, -0.2) is 37.0 Å². The number of rotatable bonds is 4. The van der Waals surface area contributed by atoms with Gasteiger partial charge >= 0.3 is 0 Å². The second-order valence-corrected chi connectivity index (χ2v) is 12.1. The maximum absolute atomic E-state index is 13.0. The van der Waals surface area contributed by atoms with Gasteiger partial charge in [0.25, 0.3) is 5.91 Å². The van der Waals surface area contributed by atoms with Crippen molar-refractivity contribution in [1.82, 2.24) is 4.90 Å². The summed E-state index contributed by atoms with van der Waals surface area (Å²) in [4.78, 5) is 25.5. The summed E-state index contributed by atoms with van der Waals surface area (Å²) in [5.41, 5.74) is 8.88. The van der Waals surface area contributed by atoms with Crippen LogP contribution in [-0.2, 0) is 6.54 Å². The Labute approximate surface area is 172 Å². The van der Waals surface area contributed by atoms with Crippen molar-refractivity contribution >= 4 is 30.4 Å². The van der Waals surface area contributed by atoms with Gasteiger partial charge in [-0.05, 0) is 60.3 Å². The fourth-order valence-corrected chi connectivity index (χ4v) is 5.60. The molecule has 29 heavy (non-hydrogen) atoms. The Bertz CT molecular complexity index is 1030. The lowest BCUT2D eigenvalue weighted by atomic mass is 9.88. The quantitative estimate of drug-likeness (QED) is 0.649. The Morgan fingerprint density at radius 2 is 1.90 bits per heavy atom. The van der Waals surface area contributed by atoms with Gasteiger partial charge in [-0.3, -0.25) is 4.79 Å². The number of fused-ring (bicyclic) bond motifs is 1. The van der Waals surface area contributed by atoms with E-state index in [4.69, 9.17) is 10.2 Å². The zero-order chi connectivity index (χ0) is 20.6. The van der Waals surface area contributed by atoms with Crippen LogP contribution < -0.4 is 10.9 Å². The number of hydrogen-bond acceptors (Lipinski definition) is 4. The van der Waals surface area contributed by atoms with E-state index in [-0.39, 0.29) is 5.91 Å². The van der Waals surface area contributed by atoms with Crippen LogP contribution in [0, 0.1) is 0 Å². The summed E-state index contributed by atoms with van der Waals surface area (Å²) in [6.45, 7) is 5.72. The molecule has 4 rings (SSSR count). The van der Waals surface area contributed by atoms with Gasteiger partial charge in [-0.25, -0.2) is 0 Å². The van der Waals surface area contributed by atoms with Crippen LogP contribution in [0.5, 0.6) is 0 Å². The van der Waals surface area contributed by atoms with Gasteiger partial charge in [0.15, 0.2) is 5.76 Å². The third-order valence-corrected chi connectivity index (χ3v) is 7.63. The first-order valence-corrected chi connectivity index (χ1v) is 13.1. The third kappa shape index (κ3) is 4.01. The van der Waals surface area contributed by atoms with Gasteiger partial charge in [0.1, 0.15) is 5.58 Å². The molecule has 2 aromatic carbocycles. The molecular weight excluding hydrogens is 380 g/mol. The molecule has 0 spiro atoms. The fourth-order valence-electron chi connectivity index (χ4n) is 4.25. The molecule has 1 aromatic heterocycles. The summed E-state index contributed by atoms with van der Waals surface area (Å²) in [5.74, 6) is 0.738. The van der Waals surface area contributed by atoms with E-state index in [0.29, 0.717) is 36.9 Å². The number of likely N-dealkylation sites (tertiary alicyclic amines) is 1. The van der Waals surface area contributed by atoms with Crippen molar-refractivity contribution in [1.29, 1.82) is 0 Å². The van der Waals surface area contributed by atoms with Crippen molar-refractivity contribution in [3.05, 3.63) is 65.4 Å². The Kier molecular flexibility index (Phi) is 5.33. The second kappa shape index (κ2) is 7.78. The van der Waals surface area contributed by atoms with Gasteiger partial charge in [0, 0.05) is 25.0 Å². The molecule has 0 unspecified atom stereocenters. The van der Waals surface area contributed by atoms with Crippen molar-refractivity contribution in [2.45, 2.75) is 38.4 Å². The Balaban J connectivity index is 1.50. The number of carbonyl (C=O) groups is 1. The van der Waals surface area contributed by atoms with Gasteiger partial charge in [0.05, 0.1) is 0 Å². The predicted molar refractivity (Wildman–Crippen MR) is 118 cm³/mol. The highest BCUT2D eigenvalue weighted by atomic mass is 28.4. The largest absolute Gasteiger partial charge is 0.451 e. The summed E-state index contributed by atoms with van der Waals surface area (Å²) in [7, 11) is -2.51. The van der Waals surface area contributed by atoms with E-state index in [2.05, 4.69) is 24.3 Å². The molecule has 0 atom stereocenters. The van der Waals surface area contributed by atoms with Crippen molar-refractivity contribution in [2.75, 3.05) is 13.1 Å². The number of carbonyl (C=O) groups excluding carboxylic acids is 1. The Morgan fingerprint density at radius 3 is 2.59 bits per heavy atom. The van der Waals surface area contributed by atoms with Gasteiger partial charge in [-0.15, -0.1) is 0 Å². The topological polar surface area (TPSA) is 79.7 Å². The molecule has 0 bridgehead atoms. The molecule has 3 N–H and O–H groups in total. The number of hydrogen-bond donors (Lipinski definition) is 2. The first-order chi connectivity index (χ1) is 13.9. The number of nitrogens with two attached hydrogens (primary N) is 1. The molecule has 152 valence electrons. The summed E-state index contributed by atoms with van der Waals surface area (Å²) >= 11 is 0. The van der Waals surface area contributed by atoms with Crippen LogP contribution in [0.1, 0.15) is 40.4 Å². The molecule has 1 saturated heterocycles. The smallest absolute Gasteiger partial charge is 0.289 e. The first kappa shape index (κ1) is 19.9. The van der Waals surface area contributed by atoms with Crippen molar-refractivity contribution in [3.63, 3.8) is 0 Å². The zero-order valence-electron chi connectivity index (χ0n) is 17.0. The van der Waals surface area contributed by atoms with Gasteiger partial charge in [0.2, 0.25) is 8.32 Å². The molecule has 1 amide bonds. The van der Waals surface area contributed by atoms with Crippen LogP contribution in [0.25, 0.3) is 11.0 Å². The van der Waals surface area contributed by atoms with Crippen LogP contribution in [0.15, 0.2) is 52.9 Å². The van der Waals surface area contributed by atoms with E-state index in [9.17, 15) is 9.59 Å².